The second-order valence-electron chi connectivity index (χ2n) is 22.0. The van der Waals surface area contributed by atoms with Crippen molar-refractivity contribution < 1.29 is 9.59 Å². The number of fused-ring (bicyclic) bond motifs is 6. The van der Waals surface area contributed by atoms with E-state index in [4.69, 9.17) is 0 Å². The molecule has 0 radical (unpaired) electrons. The van der Waals surface area contributed by atoms with Gasteiger partial charge in [0, 0.05) is 21.7 Å². The molecule has 2 aromatic rings. The monoisotopic (exact) mass is 721 g/mol. The summed E-state index contributed by atoms with van der Waals surface area (Å²) in [4.78, 5) is 28.7. The summed E-state index contributed by atoms with van der Waals surface area (Å²) >= 11 is 0. The molecule has 0 saturated heterocycles. The largest absolute Gasteiger partial charge is 0.298 e. The lowest BCUT2D eigenvalue weighted by Crippen LogP contribution is -2.55. The van der Waals surface area contributed by atoms with E-state index in [2.05, 4.69) is 121 Å². The minimum Gasteiger partial charge on any atom is -0.298 e. The number of Topliss-reactive ketones (excluding diaryl/α,β-unsaturated/α-hetero) is 2. The van der Waals surface area contributed by atoms with Crippen molar-refractivity contribution in [3.05, 3.63) is 68.8 Å². The van der Waals surface area contributed by atoms with E-state index in [1.165, 1.54) is 51.8 Å². The quantitative estimate of drug-likeness (QED) is 0.258. The number of carbonyl (C=O) groups excluding carboxylic acids is 2. The summed E-state index contributed by atoms with van der Waals surface area (Å²) < 4.78 is 0. The Balaban J connectivity index is 1.45. The van der Waals surface area contributed by atoms with Crippen LogP contribution >= 0.6 is 0 Å². The molecule has 2 saturated carbocycles. The summed E-state index contributed by atoms with van der Waals surface area (Å²) in [6.45, 7) is 32.3. The van der Waals surface area contributed by atoms with Crippen LogP contribution in [0.2, 0.25) is 0 Å². The Morgan fingerprint density at radius 1 is 0.660 bits per heavy atom. The summed E-state index contributed by atoms with van der Waals surface area (Å²) in [7, 11) is 0. The molecule has 0 amide bonds. The molecule has 0 spiro atoms. The number of hydrogen-bond donors (Lipinski definition) is 0. The standard InChI is InChI=1S/C51H76O2/c1-15-22-47(9,10)45(53)51(14)26-17-24-49(12)41-31-37(39(33(4)5)29-35(41)19-21-43(49)51)27-36-30-40-34(28-38(36)32(2)3)18-20-42-48(40,11)23-16-25-50(42,13)44(52)46(6,7)8/h28-33,42-43H,15-27H2,1-14H3. The van der Waals surface area contributed by atoms with Crippen molar-refractivity contribution >= 4 is 11.6 Å². The van der Waals surface area contributed by atoms with Gasteiger partial charge in [0.1, 0.15) is 11.6 Å². The van der Waals surface area contributed by atoms with Gasteiger partial charge in [-0.2, -0.15) is 0 Å². The lowest BCUT2D eigenvalue weighted by Gasteiger charge is -2.56. The van der Waals surface area contributed by atoms with Crippen LogP contribution in [-0.4, -0.2) is 11.6 Å². The van der Waals surface area contributed by atoms with Crippen LogP contribution in [0.15, 0.2) is 24.3 Å². The molecular weight excluding hydrogens is 645 g/mol. The van der Waals surface area contributed by atoms with E-state index in [0.717, 1.165) is 70.6 Å². The molecule has 4 aliphatic rings. The highest BCUT2D eigenvalue weighted by atomic mass is 16.1. The number of rotatable bonds is 9. The van der Waals surface area contributed by atoms with Crippen LogP contribution < -0.4 is 0 Å². The lowest BCUT2D eigenvalue weighted by molar-refractivity contribution is -0.146. The second-order valence-corrected chi connectivity index (χ2v) is 22.0. The van der Waals surface area contributed by atoms with Gasteiger partial charge >= 0.3 is 0 Å². The SMILES string of the molecule is CCCC(C)(C)C(=O)C1(C)CCCC2(C)c3cc(Cc4cc5c(cc4C(C)C)CCC4C(C)(C(=O)C(C)(C)C)CCCC54C)c(C(C)C)cc3CCC12. The van der Waals surface area contributed by atoms with E-state index in [-0.39, 0.29) is 32.5 Å². The van der Waals surface area contributed by atoms with Crippen molar-refractivity contribution in [2.75, 3.05) is 0 Å². The van der Waals surface area contributed by atoms with Crippen LogP contribution in [-0.2, 0) is 39.7 Å². The van der Waals surface area contributed by atoms with E-state index >= 15 is 0 Å². The molecule has 53 heavy (non-hydrogen) atoms. The number of carbonyl (C=O) groups is 2. The van der Waals surface area contributed by atoms with Crippen molar-refractivity contribution in [3.8, 4) is 0 Å². The van der Waals surface area contributed by atoms with Crippen LogP contribution in [0.5, 0.6) is 0 Å². The van der Waals surface area contributed by atoms with E-state index in [1.54, 1.807) is 5.56 Å². The fourth-order valence-corrected chi connectivity index (χ4v) is 13.7. The zero-order valence-electron chi connectivity index (χ0n) is 36.6. The van der Waals surface area contributed by atoms with Crippen molar-refractivity contribution in [2.24, 2.45) is 33.5 Å². The summed E-state index contributed by atoms with van der Waals surface area (Å²) in [5, 5.41) is 0. The third kappa shape index (κ3) is 6.54. The van der Waals surface area contributed by atoms with Gasteiger partial charge in [0.15, 0.2) is 0 Å². The van der Waals surface area contributed by atoms with Crippen molar-refractivity contribution in [1.82, 2.24) is 0 Å². The highest BCUT2D eigenvalue weighted by Gasteiger charge is 2.58. The summed E-state index contributed by atoms with van der Waals surface area (Å²) in [6.07, 6.45) is 14.0. The van der Waals surface area contributed by atoms with E-state index < -0.39 is 0 Å². The lowest BCUT2D eigenvalue weighted by atomic mass is 9.47. The summed E-state index contributed by atoms with van der Waals surface area (Å²) in [5.74, 6) is 2.60. The van der Waals surface area contributed by atoms with Crippen molar-refractivity contribution in [3.63, 3.8) is 0 Å². The molecule has 2 nitrogen and oxygen atoms in total. The number of hydrogen-bond acceptors (Lipinski definition) is 2. The molecule has 2 heteroatoms. The minimum atomic E-state index is -0.329. The van der Waals surface area contributed by atoms with Gasteiger partial charge < -0.3 is 0 Å². The summed E-state index contributed by atoms with van der Waals surface area (Å²) in [6, 6.07) is 10.5. The Labute approximate surface area is 325 Å². The van der Waals surface area contributed by atoms with Gasteiger partial charge in [0.25, 0.3) is 0 Å². The third-order valence-corrected chi connectivity index (χ3v) is 16.1. The van der Waals surface area contributed by atoms with Crippen LogP contribution in [0.4, 0.5) is 0 Å². The first kappa shape index (κ1) is 40.4. The molecule has 4 aliphatic carbocycles. The molecular formula is C51H76O2. The van der Waals surface area contributed by atoms with Crippen LogP contribution in [0, 0.1) is 33.5 Å². The van der Waals surface area contributed by atoms with E-state index in [1.807, 2.05) is 0 Å². The highest BCUT2D eigenvalue weighted by molar-refractivity contribution is 5.90. The van der Waals surface area contributed by atoms with Crippen molar-refractivity contribution in [1.29, 1.82) is 0 Å². The normalized spacial score (nSPS) is 31.5. The van der Waals surface area contributed by atoms with Gasteiger partial charge in [-0.15, -0.1) is 0 Å². The number of ketones is 2. The average Bonchev–Trinajstić information content (AvgIpc) is 3.06. The Hall–Kier alpha value is -2.22. The third-order valence-electron chi connectivity index (χ3n) is 16.1. The minimum absolute atomic E-state index is 0.00632. The second kappa shape index (κ2) is 13.8. The Bertz CT molecular complexity index is 1750. The molecule has 0 aliphatic heterocycles. The molecule has 6 unspecified atom stereocenters. The first-order valence-corrected chi connectivity index (χ1v) is 22.0. The molecule has 6 rings (SSSR count). The smallest absolute Gasteiger partial charge is 0.144 e. The fourth-order valence-electron chi connectivity index (χ4n) is 13.7. The molecule has 0 aromatic heterocycles. The average molecular weight is 721 g/mol. The topological polar surface area (TPSA) is 34.1 Å². The van der Waals surface area contributed by atoms with Crippen molar-refractivity contribution in [2.45, 2.75) is 203 Å². The van der Waals surface area contributed by atoms with Gasteiger partial charge in [-0.25, -0.2) is 0 Å². The first-order chi connectivity index (χ1) is 24.5. The van der Waals surface area contributed by atoms with Crippen LogP contribution in [0.3, 0.4) is 0 Å². The predicted octanol–water partition coefficient (Wildman–Crippen LogP) is 13.6. The van der Waals surface area contributed by atoms with Gasteiger partial charge in [-0.1, -0.05) is 140 Å². The Kier molecular flexibility index (Phi) is 10.5. The molecule has 2 fully saturated rings. The summed E-state index contributed by atoms with van der Waals surface area (Å²) in [5.41, 5.74) is 11.0. The molecule has 2 aromatic carbocycles. The number of aryl methyl sites for hydroxylation is 2. The van der Waals surface area contributed by atoms with Crippen LogP contribution in [0.25, 0.3) is 0 Å². The highest BCUT2D eigenvalue weighted by Crippen LogP contribution is 2.61. The van der Waals surface area contributed by atoms with Gasteiger partial charge in [-0.3, -0.25) is 9.59 Å². The van der Waals surface area contributed by atoms with Crippen LogP contribution in [0.1, 0.15) is 217 Å². The van der Waals surface area contributed by atoms with Gasteiger partial charge in [-0.05, 0) is 143 Å². The Morgan fingerprint density at radius 3 is 1.45 bits per heavy atom. The maximum Gasteiger partial charge on any atom is 0.144 e. The maximum absolute atomic E-state index is 14.5. The molecule has 0 heterocycles. The van der Waals surface area contributed by atoms with Gasteiger partial charge in [0.2, 0.25) is 0 Å². The predicted molar refractivity (Wildman–Crippen MR) is 224 cm³/mol. The first-order valence-electron chi connectivity index (χ1n) is 22.0. The Morgan fingerprint density at radius 2 is 1.08 bits per heavy atom. The fraction of sp³-hybridized carbons (Fsp3) is 0.725. The molecule has 292 valence electrons. The van der Waals surface area contributed by atoms with E-state index in [0.29, 0.717) is 35.2 Å². The molecule has 6 atom stereocenters. The van der Waals surface area contributed by atoms with Gasteiger partial charge in [0.05, 0.1) is 0 Å². The maximum atomic E-state index is 14.5. The molecule has 0 bridgehead atoms. The molecule has 0 N–H and O–H groups in total. The zero-order valence-corrected chi connectivity index (χ0v) is 36.6. The number of benzene rings is 2. The van der Waals surface area contributed by atoms with E-state index in [9.17, 15) is 9.59 Å². The zero-order chi connectivity index (χ0) is 39.1.